The van der Waals surface area contributed by atoms with Crippen LogP contribution in [-0.4, -0.2) is 64.5 Å². The van der Waals surface area contributed by atoms with Gasteiger partial charge in [0.25, 0.3) is 0 Å². The molecule has 0 spiro atoms. The van der Waals surface area contributed by atoms with E-state index in [9.17, 15) is 15.0 Å². The molecule has 0 bridgehead atoms. The summed E-state index contributed by atoms with van der Waals surface area (Å²) in [7, 11) is 0. The average Bonchev–Trinajstić information content (AvgIpc) is 3.27. The Hall–Kier alpha value is -3.47. The Morgan fingerprint density at radius 3 is 2.87 bits per heavy atom. The van der Waals surface area contributed by atoms with Crippen LogP contribution in [0.2, 0.25) is 0 Å². The Kier molecular flexibility index (Phi) is 7.92. The summed E-state index contributed by atoms with van der Waals surface area (Å²) in [6, 6.07) is 12.0. The molecule has 1 aliphatic rings. The van der Waals surface area contributed by atoms with Crippen molar-refractivity contribution in [3.05, 3.63) is 53.0 Å². The lowest BCUT2D eigenvalue weighted by Gasteiger charge is -2.34. The van der Waals surface area contributed by atoms with Gasteiger partial charge in [-0.05, 0) is 55.2 Å². The second-order valence-corrected chi connectivity index (χ2v) is 10.7. The van der Waals surface area contributed by atoms with Gasteiger partial charge in [0.1, 0.15) is 34.0 Å². The van der Waals surface area contributed by atoms with E-state index >= 15 is 0 Å². The molecule has 1 saturated heterocycles. The number of nitrogens with zero attached hydrogens (tertiary/aromatic N) is 3. The number of aryl methyl sites for hydroxylation is 1. The maximum atomic E-state index is 11.6. The molecule has 0 radical (unpaired) electrons. The van der Waals surface area contributed by atoms with Gasteiger partial charge in [0.2, 0.25) is 0 Å². The third-order valence-corrected chi connectivity index (χ3v) is 8.05. The Morgan fingerprint density at radius 1 is 1.29 bits per heavy atom. The number of nitrogens with one attached hydrogen (secondary N) is 1. The normalized spacial score (nSPS) is 15.3. The summed E-state index contributed by atoms with van der Waals surface area (Å²) in [4.78, 5) is 23.8. The molecule has 200 valence electrons. The highest BCUT2D eigenvalue weighted by Crippen LogP contribution is 2.37. The number of hydrogen-bond acceptors (Lipinski definition) is 9. The summed E-state index contributed by atoms with van der Waals surface area (Å²) in [6.07, 6.45) is 4.73. The lowest BCUT2D eigenvalue weighted by Crippen LogP contribution is -2.45. The van der Waals surface area contributed by atoms with Gasteiger partial charge in [-0.2, -0.15) is 0 Å². The summed E-state index contributed by atoms with van der Waals surface area (Å²) < 4.78 is 5.80. The van der Waals surface area contributed by atoms with Crippen LogP contribution in [0.5, 0.6) is 5.75 Å². The van der Waals surface area contributed by atoms with Crippen molar-refractivity contribution in [3.8, 4) is 5.75 Å². The molecular formula is C28H33N5O4S. The molecule has 1 unspecified atom stereocenters. The van der Waals surface area contributed by atoms with E-state index in [1.807, 2.05) is 30.3 Å². The van der Waals surface area contributed by atoms with Crippen LogP contribution in [0.4, 0.5) is 11.5 Å². The molecule has 5 N–H and O–H groups in total. The van der Waals surface area contributed by atoms with Crippen LogP contribution < -0.4 is 20.7 Å². The zero-order valence-corrected chi connectivity index (χ0v) is 22.2. The number of nitrogen functional groups attached to an aromatic ring is 1. The molecule has 5 rings (SSSR count). The number of hydrogen-bond donors (Lipinski definition) is 4. The molecule has 9 nitrogen and oxygen atoms in total. The van der Waals surface area contributed by atoms with Gasteiger partial charge >= 0.3 is 5.97 Å². The van der Waals surface area contributed by atoms with E-state index in [1.165, 1.54) is 0 Å². The van der Waals surface area contributed by atoms with Crippen molar-refractivity contribution < 1.29 is 19.7 Å². The summed E-state index contributed by atoms with van der Waals surface area (Å²) in [5.41, 5.74) is 8.48. The lowest BCUT2D eigenvalue weighted by molar-refractivity contribution is 0.0703. The van der Waals surface area contributed by atoms with E-state index in [1.54, 1.807) is 6.20 Å². The number of aromatic nitrogens is 2. The fraction of sp³-hybridized carbons (Fsp3) is 0.393. The zero-order chi connectivity index (χ0) is 26.6. The van der Waals surface area contributed by atoms with Crippen LogP contribution >= 0.6 is 11.3 Å². The molecule has 10 heteroatoms. The number of nitrogens with two attached hydrogens (primary N) is 1. The van der Waals surface area contributed by atoms with Crippen LogP contribution in [0.1, 0.15) is 41.4 Å². The Bertz CT molecular complexity index is 1430. The molecular weight excluding hydrogens is 502 g/mol. The molecule has 1 aromatic carbocycles. The van der Waals surface area contributed by atoms with Crippen LogP contribution in [0.15, 0.2) is 42.6 Å². The molecule has 1 atom stereocenters. The van der Waals surface area contributed by atoms with E-state index in [0.717, 1.165) is 77.8 Å². The molecule has 1 fully saturated rings. The maximum Gasteiger partial charge on any atom is 0.348 e. The van der Waals surface area contributed by atoms with Gasteiger partial charge in [-0.25, -0.2) is 9.78 Å². The second-order valence-electron chi connectivity index (χ2n) is 9.71. The van der Waals surface area contributed by atoms with Crippen molar-refractivity contribution in [1.29, 1.82) is 0 Å². The molecule has 3 aromatic heterocycles. The number of carboxylic acids is 1. The Labute approximate surface area is 225 Å². The first kappa shape index (κ1) is 26.1. The van der Waals surface area contributed by atoms with Gasteiger partial charge in [0, 0.05) is 42.6 Å². The number of thiophene rings is 1. The summed E-state index contributed by atoms with van der Waals surface area (Å²) in [6.45, 7) is 4.42. The highest BCUT2D eigenvalue weighted by Gasteiger charge is 2.24. The second kappa shape index (κ2) is 11.5. The van der Waals surface area contributed by atoms with Crippen molar-refractivity contribution in [2.24, 2.45) is 0 Å². The number of pyridine rings is 2. The Balaban J connectivity index is 1.14. The number of rotatable bonds is 10. The summed E-state index contributed by atoms with van der Waals surface area (Å²) in [5.74, 6) is 0.577. The van der Waals surface area contributed by atoms with Crippen molar-refractivity contribution in [1.82, 2.24) is 15.3 Å². The van der Waals surface area contributed by atoms with Gasteiger partial charge in [-0.15, -0.1) is 11.3 Å². The molecule has 38 heavy (non-hydrogen) atoms. The number of aromatic carboxylic acids is 1. The Morgan fingerprint density at radius 2 is 2.11 bits per heavy atom. The minimum Gasteiger partial charge on any atom is -0.491 e. The van der Waals surface area contributed by atoms with Crippen molar-refractivity contribution in [2.45, 2.75) is 44.8 Å². The van der Waals surface area contributed by atoms with Gasteiger partial charge in [-0.1, -0.05) is 19.4 Å². The highest BCUT2D eigenvalue weighted by molar-refractivity contribution is 7.21. The molecule has 0 aliphatic carbocycles. The fourth-order valence-corrected chi connectivity index (χ4v) is 5.96. The minimum absolute atomic E-state index is 0.157. The first-order valence-electron chi connectivity index (χ1n) is 13.0. The third kappa shape index (κ3) is 5.67. The monoisotopic (exact) mass is 535 g/mol. The summed E-state index contributed by atoms with van der Waals surface area (Å²) in [5, 5.41) is 25.2. The fourth-order valence-electron chi connectivity index (χ4n) is 4.98. The number of aliphatic hydroxyl groups is 1. The van der Waals surface area contributed by atoms with Crippen molar-refractivity contribution >= 4 is 49.9 Å². The lowest BCUT2D eigenvalue weighted by atomic mass is 10.0. The number of aliphatic hydroxyl groups excluding tert-OH is 1. The van der Waals surface area contributed by atoms with Crippen LogP contribution in [0, 0.1) is 0 Å². The zero-order valence-electron chi connectivity index (χ0n) is 21.4. The largest absolute Gasteiger partial charge is 0.491 e. The average molecular weight is 536 g/mol. The number of anilines is 2. The van der Waals surface area contributed by atoms with E-state index in [2.05, 4.69) is 28.2 Å². The van der Waals surface area contributed by atoms with Crippen molar-refractivity contribution in [3.63, 3.8) is 0 Å². The van der Waals surface area contributed by atoms with Crippen LogP contribution in [0.3, 0.4) is 0 Å². The molecule has 0 saturated carbocycles. The smallest absolute Gasteiger partial charge is 0.348 e. The number of ether oxygens (including phenoxy) is 1. The number of fused-ring (bicyclic) bond motifs is 2. The minimum atomic E-state index is -1.01. The number of benzene rings is 1. The maximum absolute atomic E-state index is 11.6. The van der Waals surface area contributed by atoms with Gasteiger partial charge in [0.05, 0.1) is 11.2 Å². The van der Waals surface area contributed by atoms with Crippen molar-refractivity contribution in [2.75, 3.05) is 36.9 Å². The molecule has 4 aromatic rings. The topological polar surface area (TPSA) is 134 Å². The van der Waals surface area contributed by atoms with E-state index < -0.39 is 12.1 Å². The number of carboxylic acid groups (broad SMARTS) is 1. The molecule has 1 aliphatic heterocycles. The van der Waals surface area contributed by atoms with Gasteiger partial charge in [0.15, 0.2) is 0 Å². The highest BCUT2D eigenvalue weighted by atomic mass is 32.1. The first-order chi connectivity index (χ1) is 18.4. The van der Waals surface area contributed by atoms with Crippen LogP contribution in [-0.2, 0) is 6.42 Å². The van der Waals surface area contributed by atoms with Gasteiger partial charge < -0.3 is 30.9 Å². The standard InChI is InChI=1S/C28H33N5O4S/c1-2-4-18-14-23(32-27-24(18)25(29)26(38-27)28(35)36)33-11-8-19(9-12-33)31-15-20(34)16-37-21-6-7-22-17(13-21)5-3-10-30-22/h3,5-7,10,13-14,19-20,31,34H,2,4,8-9,11-12,15-16,29H2,1H3,(H,35,36). The first-order valence-corrected chi connectivity index (χ1v) is 13.8. The van der Waals surface area contributed by atoms with Gasteiger partial charge in [-0.3, -0.25) is 4.98 Å². The molecule has 4 heterocycles. The predicted octanol–water partition coefficient (Wildman–Crippen LogP) is 4.08. The third-order valence-electron chi connectivity index (χ3n) is 6.96. The van der Waals surface area contributed by atoms with E-state index in [0.29, 0.717) is 28.9 Å². The molecule has 0 amide bonds. The predicted molar refractivity (Wildman–Crippen MR) is 151 cm³/mol. The quantitative estimate of drug-likeness (QED) is 0.237. The van der Waals surface area contributed by atoms with E-state index in [4.69, 9.17) is 15.5 Å². The summed E-state index contributed by atoms with van der Waals surface area (Å²) >= 11 is 1.15. The van der Waals surface area contributed by atoms with Crippen LogP contribution in [0.25, 0.3) is 21.1 Å². The number of piperidine rings is 1. The van der Waals surface area contributed by atoms with E-state index in [-0.39, 0.29) is 11.5 Å². The SMILES string of the molecule is CCCc1cc(N2CCC(NCC(O)COc3ccc4ncccc4c3)CC2)nc2sc(C(=O)O)c(N)c12. The number of carbonyl (C=O) groups is 1.